The molecule has 6 rings (SSSR count). The van der Waals surface area contributed by atoms with Gasteiger partial charge >= 0.3 is 0 Å². The molecule has 1 aromatic heterocycles. The van der Waals surface area contributed by atoms with Gasteiger partial charge in [-0.1, -0.05) is 32.1 Å². The zero-order chi connectivity index (χ0) is 22.8. The van der Waals surface area contributed by atoms with Crippen LogP contribution in [0.2, 0.25) is 0 Å². The van der Waals surface area contributed by atoms with Gasteiger partial charge in [-0.15, -0.1) is 0 Å². The molecule has 3 fully saturated rings. The Morgan fingerprint density at radius 1 is 0.970 bits per heavy atom. The van der Waals surface area contributed by atoms with Crippen LogP contribution in [0.5, 0.6) is 0 Å². The number of hydrogen-bond acceptors (Lipinski definition) is 2. The van der Waals surface area contributed by atoms with Crippen LogP contribution in [-0.2, 0) is 4.74 Å². The molecule has 0 radical (unpaired) electrons. The molecule has 1 unspecified atom stereocenters. The van der Waals surface area contributed by atoms with Gasteiger partial charge in [0.2, 0.25) is 0 Å². The lowest BCUT2D eigenvalue weighted by atomic mass is 9.44. The molecule has 4 aliphatic carbocycles. The standard InChI is InChI=1S/C31H41NO/c1-20(2)33-25-11-14-30(3)24(18-25)7-8-26-28-10-9-27(31(28,4)15-12-29(26)30)22-6-5-21-13-16-32-19-23(21)17-22/h5-6,9,13,16-17,19-20,24-26,28-29H,7-8,10-12,14-15,18H2,1-4H3/t24?,25-,26-,28-,29-,30-,31+/m0/s1. The number of hydrogen-bond donors (Lipinski definition) is 0. The Hall–Kier alpha value is -1.67. The molecule has 33 heavy (non-hydrogen) atoms. The Labute approximate surface area is 200 Å². The van der Waals surface area contributed by atoms with Crippen LogP contribution in [0.3, 0.4) is 0 Å². The van der Waals surface area contributed by atoms with Crippen molar-refractivity contribution in [1.29, 1.82) is 0 Å². The zero-order valence-electron chi connectivity index (χ0n) is 21.0. The zero-order valence-corrected chi connectivity index (χ0v) is 21.0. The molecule has 0 aliphatic heterocycles. The Morgan fingerprint density at radius 3 is 2.70 bits per heavy atom. The van der Waals surface area contributed by atoms with Crippen molar-refractivity contribution in [2.24, 2.45) is 34.5 Å². The lowest BCUT2D eigenvalue weighted by molar-refractivity contribution is -0.132. The third kappa shape index (κ3) is 3.42. The quantitative estimate of drug-likeness (QED) is 0.478. The summed E-state index contributed by atoms with van der Waals surface area (Å²) < 4.78 is 6.29. The Kier molecular flexibility index (Phi) is 5.25. The normalized spacial score (nSPS) is 40.3. The van der Waals surface area contributed by atoms with E-state index in [0.29, 0.717) is 23.0 Å². The number of aromatic nitrogens is 1. The van der Waals surface area contributed by atoms with Gasteiger partial charge in [0.15, 0.2) is 0 Å². The first-order valence-corrected chi connectivity index (χ1v) is 13.6. The average molecular weight is 444 g/mol. The molecule has 0 spiro atoms. The van der Waals surface area contributed by atoms with Crippen molar-refractivity contribution >= 4 is 16.3 Å². The molecule has 0 amide bonds. The molecule has 7 atom stereocenters. The molecule has 2 heteroatoms. The molecule has 1 heterocycles. The fourth-order valence-corrected chi connectivity index (χ4v) is 8.99. The van der Waals surface area contributed by atoms with Crippen LogP contribution in [0.15, 0.2) is 42.7 Å². The second-order valence-corrected chi connectivity index (χ2v) is 12.5. The number of allylic oxidation sites excluding steroid dienone is 2. The Morgan fingerprint density at radius 2 is 1.85 bits per heavy atom. The van der Waals surface area contributed by atoms with E-state index in [-0.39, 0.29) is 0 Å². The predicted octanol–water partition coefficient (Wildman–Crippen LogP) is 8.06. The van der Waals surface area contributed by atoms with E-state index in [0.717, 1.165) is 23.7 Å². The van der Waals surface area contributed by atoms with Crippen molar-refractivity contribution in [2.45, 2.75) is 91.3 Å². The lowest BCUT2D eigenvalue weighted by Gasteiger charge is -2.61. The maximum Gasteiger partial charge on any atom is 0.0581 e. The van der Waals surface area contributed by atoms with E-state index in [2.05, 4.69) is 63.0 Å². The van der Waals surface area contributed by atoms with E-state index in [1.54, 1.807) is 5.57 Å². The van der Waals surface area contributed by atoms with E-state index >= 15 is 0 Å². The highest BCUT2D eigenvalue weighted by Gasteiger charge is 2.58. The second-order valence-electron chi connectivity index (χ2n) is 12.5. The minimum Gasteiger partial charge on any atom is -0.376 e. The fraction of sp³-hybridized carbons (Fsp3) is 0.645. The van der Waals surface area contributed by atoms with Crippen molar-refractivity contribution in [3.05, 3.63) is 48.3 Å². The summed E-state index contributed by atoms with van der Waals surface area (Å²) in [6, 6.07) is 9.17. The van der Waals surface area contributed by atoms with Gasteiger partial charge in [-0.25, -0.2) is 0 Å². The molecule has 1 aromatic carbocycles. The fourth-order valence-electron chi connectivity index (χ4n) is 8.99. The molecular weight excluding hydrogens is 402 g/mol. The van der Waals surface area contributed by atoms with Gasteiger partial charge < -0.3 is 4.74 Å². The predicted molar refractivity (Wildman–Crippen MR) is 137 cm³/mol. The number of ether oxygens (including phenoxy) is 1. The molecule has 176 valence electrons. The summed E-state index contributed by atoms with van der Waals surface area (Å²) in [7, 11) is 0. The van der Waals surface area contributed by atoms with Gasteiger partial charge in [-0.05, 0) is 128 Å². The number of fused-ring (bicyclic) bond motifs is 6. The van der Waals surface area contributed by atoms with E-state index in [1.807, 2.05) is 12.4 Å². The van der Waals surface area contributed by atoms with E-state index in [1.165, 1.54) is 67.7 Å². The number of pyridine rings is 1. The molecule has 2 nitrogen and oxygen atoms in total. The first kappa shape index (κ1) is 21.8. The van der Waals surface area contributed by atoms with Crippen molar-refractivity contribution in [2.75, 3.05) is 0 Å². The van der Waals surface area contributed by atoms with Gasteiger partial charge in [-0.2, -0.15) is 0 Å². The molecule has 2 aromatic rings. The van der Waals surface area contributed by atoms with Gasteiger partial charge in [0.25, 0.3) is 0 Å². The van der Waals surface area contributed by atoms with Gasteiger partial charge in [0, 0.05) is 17.8 Å². The van der Waals surface area contributed by atoms with Crippen LogP contribution >= 0.6 is 0 Å². The third-order valence-electron chi connectivity index (χ3n) is 10.6. The van der Waals surface area contributed by atoms with Crippen molar-refractivity contribution in [3.63, 3.8) is 0 Å². The molecule has 3 saturated carbocycles. The summed E-state index contributed by atoms with van der Waals surface area (Å²) in [6.45, 7) is 9.66. The monoisotopic (exact) mass is 443 g/mol. The second kappa shape index (κ2) is 7.94. The van der Waals surface area contributed by atoms with Crippen LogP contribution in [-0.4, -0.2) is 17.2 Å². The van der Waals surface area contributed by atoms with E-state index < -0.39 is 0 Å². The van der Waals surface area contributed by atoms with Crippen molar-refractivity contribution < 1.29 is 4.74 Å². The van der Waals surface area contributed by atoms with Crippen molar-refractivity contribution in [3.8, 4) is 0 Å². The maximum absolute atomic E-state index is 6.29. The van der Waals surface area contributed by atoms with Crippen molar-refractivity contribution in [1.82, 2.24) is 4.98 Å². The molecular formula is C31H41NO. The highest BCUT2D eigenvalue weighted by Crippen LogP contribution is 2.67. The Balaban J connectivity index is 1.25. The van der Waals surface area contributed by atoms with Gasteiger partial charge in [0.1, 0.15) is 0 Å². The summed E-state index contributed by atoms with van der Waals surface area (Å²) in [6.07, 6.45) is 18.2. The summed E-state index contributed by atoms with van der Waals surface area (Å²) in [5.74, 6) is 3.48. The van der Waals surface area contributed by atoms with Crippen LogP contribution in [0.1, 0.15) is 84.6 Å². The first-order chi connectivity index (χ1) is 15.9. The van der Waals surface area contributed by atoms with Crippen LogP contribution in [0.25, 0.3) is 16.3 Å². The van der Waals surface area contributed by atoms with E-state index in [4.69, 9.17) is 4.74 Å². The molecule has 0 saturated heterocycles. The summed E-state index contributed by atoms with van der Waals surface area (Å²) in [4.78, 5) is 4.37. The first-order valence-electron chi connectivity index (χ1n) is 13.6. The Bertz CT molecular complexity index is 1070. The third-order valence-corrected chi connectivity index (χ3v) is 10.6. The van der Waals surface area contributed by atoms with Crippen LogP contribution in [0, 0.1) is 34.5 Å². The van der Waals surface area contributed by atoms with E-state index in [9.17, 15) is 0 Å². The number of benzene rings is 1. The molecule has 4 aliphatic rings. The van der Waals surface area contributed by atoms with Crippen LogP contribution < -0.4 is 0 Å². The SMILES string of the molecule is CC(C)O[C@H]1CC[C@@]2(C)C(CC[C@@H]3[C@@H]2CC[C@]2(C)C(c4ccc5ccncc5c4)=CC[C@@H]32)C1. The number of rotatable bonds is 3. The maximum atomic E-state index is 6.29. The lowest BCUT2D eigenvalue weighted by Crippen LogP contribution is -2.53. The highest BCUT2D eigenvalue weighted by molar-refractivity contribution is 5.86. The smallest absolute Gasteiger partial charge is 0.0581 e. The van der Waals surface area contributed by atoms with Crippen LogP contribution in [0.4, 0.5) is 0 Å². The average Bonchev–Trinajstić information content (AvgIpc) is 3.16. The van der Waals surface area contributed by atoms with Gasteiger partial charge in [-0.3, -0.25) is 4.98 Å². The minimum atomic E-state index is 0.332. The summed E-state index contributed by atoms with van der Waals surface area (Å²) in [5.41, 5.74) is 3.92. The topological polar surface area (TPSA) is 22.1 Å². The number of nitrogens with zero attached hydrogens (tertiary/aromatic N) is 1. The molecule has 0 bridgehead atoms. The highest BCUT2D eigenvalue weighted by atomic mass is 16.5. The summed E-state index contributed by atoms with van der Waals surface area (Å²) >= 11 is 0. The summed E-state index contributed by atoms with van der Waals surface area (Å²) in [5, 5.41) is 2.56. The largest absolute Gasteiger partial charge is 0.376 e. The van der Waals surface area contributed by atoms with Gasteiger partial charge in [0.05, 0.1) is 12.2 Å². The minimum absolute atomic E-state index is 0.332. The molecule has 0 N–H and O–H groups in total.